The lowest BCUT2D eigenvalue weighted by Gasteiger charge is -2.10. The second kappa shape index (κ2) is 9.37. The van der Waals surface area contributed by atoms with Crippen molar-refractivity contribution in [2.45, 2.75) is 26.2 Å². The molecule has 0 saturated carbocycles. The average molecular weight is 278 g/mol. The van der Waals surface area contributed by atoms with Gasteiger partial charge in [-0.1, -0.05) is 25.5 Å². The number of aryl methyl sites for hydroxylation is 1. The lowest BCUT2D eigenvalue weighted by Crippen LogP contribution is -2.31. The molecule has 0 aliphatic rings. The summed E-state index contributed by atoms with van der Waals surface area (Å²) in [7, 11) is 4.04. The largest absolute Gasteiger partial charge is 0.484 e. The molecular formula is C16H26N2O2. The van der Waals surface area contributed by atoms with Crippen LogP contribution in [-0.4, -0.2) is 44.6 Å². The van der Waals surface area contributed by atoms with Gasteiger partial charge < -0.3 is 15.0 Å². The van der Waals surface area contributed by atoms with Crippen LogP contribution < -0.4 is 10.1 Å². The average Bonchev–Trinajstić information content (AvgIpc) is 2.43. The minimum atomic E-state index is -0.0682. The molecule has 0 radical (unpaired) electrons. The molecule has 4 heteroatoms. The predicted molar refractivity (Wildman–Crippen MR) is 82.1 cm³/mol. The highest BCUT2D eigenvalue weighted by atomic mass is 16.5. The molecule has 0 heterocycles. The Kier molecular flexibility index (Phi) is 7.73. The second-order valence-electron chi connectivity index (χ2n) is 5.19. The Balaban J connectivity index is 2.20. The number of carbonyl (C=O) groups excluding carboxylic acids is 1. The van der Waals surface area contributed by atoms with Crippen LogP contribution in [0.1, 0.15) is 25.3 Å². The third kappa shape index (κ3) is 7.14. The van der Waals surface area contributed by atoms with Crippen LogP contribution in [0.2, 0.25) is 0 Å². The van der Waals surface area contributed by atoms with E-state index in [0.717, 1.165) is 31.6 Å². The lowest BCUT2D eigenvalue weighted by molar-refractivity contribution is -0.123. The molecule has 4 nitrogen and oxygen atoms in total. The fourth-order valence-electron chi connectivity index (χ4n) is 1.86. The molecule has 0 aromatic heterocycles. The number of amides is 1. The van der Waals surface area contributed by atoms with Gasteiger partial charge in [0.05, 0.1) is 0 Å². The van der Waals surface area contributed by atoms with Crippen molar-refractivity contribution in [2.75, 3.05) is 33.8 Å². The van der Waals surface area contributed by atoms with Gasteiger partial charge in [-0.25, -0.2) is 0 Å². The molecule has 1 rings (SSSR count). The lowest BCUT2D eigenvalue weighted by atomic mass is 10.1. The Labute approximate surface area is 122 Å². The summed E-state index contributed by atoms with van der Waals surface area (Å²) in [5.41, 5.74) is 1.30. The van der Waals surface area contributed by atoms with Gasteiger partial charge in [-0.15, -0.1) is 0 Å². The van der Waals surface area contributed by atoms with E-state index < -0.39 is 0 Å². The molecule has 0 bridgehead atoms. The van der Waals surface area contributed by atoms with Crippen molar-refractivity contribution in [1.82, 2.24) is 10.2 Å². The Morgan fingerprint density at radius 3 is 2.55 bits per heavy atom. The van der Waals surface area contributed by atoms with Gasteiger partial charge in [0.25, 0.3) is 5.91 Å². The molecule has 0 aliphatic heterocycles. The normalized spacial score (nSPS) is 10.6. The van der Waals surface area contributed by atoms with Crippen LogP contribution in [0.15, 0.2) is 24.3 Å². The van der Waals surface area contributed by atoms with Crippen LogP contribution in [-0.2, 0) is 11.2 Å². The number of hydrogen-bond acceptors (Lipinski definition) is 3. The van der Waals surface area contributed by atoms with Crippen LogP contribution in [0.5, 0.6) is 5.75 Å². The second-order valence-corrected chi connectivity index (χ2v) is 5.19. The smallest absolute Gasteiger partial charge is 0.257 e. The van der Waals surface area contributed by atoms with Gasteiger partial charge in [0, 0.05) is 6.54 Å². The van der Waals surface area contributed by atoms with Gasteiger partial charge in [-0.05, 0) is 51.2 Å². The zero-order valence-corrected chi connectivity index (χ0v) is 12.8. The maximum Gasteiger partial charge on any atom is 0.257 e. The molecule has 1 N–H and O–H groups in total. The molecule has 0 fully saturated rings. The third-order valence-corrected chi connectivity index (χ3v) is 2.94. The van der Waals surface area contributed by atoms with Crippen LogP contribution in [0.25, 0.3) is 0 Å². The molecule has 1 amide bonds. The molecule has 1 aromatic rings. The van der Waals surface area contributed by atoms with E-state index in [2.05, 4.69) is 17.1 Å². The van der Waals surface area contributed by atoms with Gasteiger partial charge in [0.1, 0.15) is 5.75 Å². The van der Waals surface area contributed by atoms with E-state index in [1.807, 2.05) is 38.4 Å². The topological polar surface area (TPSA) is 41.6 Å². The summed E-state index contributed by atoms with van der Waals surface area (Å²) >= 11 is 0. The zero-order chi connectivity index (χ0) is 14.8. The molecule has 1 aromatic carbocycles. The number of rotatable bonds is 9. The molecule has 0 spiro atoms. The van der Waals surface area contributed by atoms with E-state index in [0.29, 0.717) is 6.54 Å². The van der Waals surface area contributed by atoms with Gasteiger partial charge in [0.2, 0.25) is 0 Å². The van der Waals surface area contributed by atoms with Gasteiger partial charge in [-0.3, -0.25) is 4.79 Å². The zero-order valence-electron chi connectivity index (χ0n) is 12.8. The van der Waals surface area contributed by atoms with Crippen molar-refractivity contribution in [3.05, 3.63) is 29.8 Å². The van der Waals surface area contributed by atoms with Crippen LogP contribution in [0.4, 0.5) is 0 Å². The van der Waals surface area contributed by atoms with Crippen LogP contribution in [0, 0.1) is 0 Å². The van der Waals surface area contributed by atoms with Crippen molar-refractivity contribution >= 4 is 5.91 Å². The summed E-state index contributed by atoms with van der Waals surface area (Å²) in [6.07, 6.45) is 3.16. The highest BCUT2D eigenvalue weighted by Gasteiger charge is 2.02. The first-order valence-corrected chi connectivity index (χ1v) is 7.25. The van der Waals surface area contributed by atoms with E-state index in [1.165, 1.54) is 5.56 Å². The molecule has 112 valence electrons. The van der Waals surface area contributed by atoms with Crippen LogP contribution in [0.3, 0.4) is 0 Å². The molecule has 20 heavy (non-hydrogen) atoms. The third-order valence-electron chi connectivity index (χ3n) is 2.94. The highest BCUT2D eigenvalue weighted by Crippen LogP contribution is 2.13. The monoisotopic (exact) mass is 278 g/mol. The van der Waals surface area contributed by atoms with Gasteiger partial charge in [-0.2, -0.15) is 0 Å². The van der Waals surface area contributed by atoms with E-state index >= 15 is 0 Å². The van der Waals surface area contributed by atoms with E-state index in [-0.39, 0.29) is 12.5 Å². The molecule has 0 unspecified atom stereocenters. The standard InChI is InChI=1S/C16H26N2O2/c1-4-6-14-7-9-15(10-8-14)20-13-16(19)17-11-5-12-18(2)3/h7-10H,4-6,11-13H2,1-3H3,(H,17,19). The first kappa shape index (κ1) is 16.5. The van der Waals surface area contributed by atoms with Crippen LogP contribution >= 0.6 is 0 Å². The van der Waals surface area contributed by atoms with Gasteiger partial charge in [0.15, 0.2) is 6.61 Å². The van der Waals surface area contributed by atoms with Crippen molar-refractivity contribution in [3.8, 4) is 5.75 Å². The molecular weight excluding hydrogens is 252 g/mol. The molecule has 0 saturated heterocycles. The highest BCUT2D eigenvalue weighted by molar-refractivity contribution is 5.77. The minimum Gasteiger partial charge on any atom is -0.484 e. The number of carbonyl (C=O) groups is 1. The Hall–Kier alpha value is -1.55. The maximum absolute atomic E-state index is 11.6. The fourth-order valence-corrected chi connectivity index (χ4v) is 1.86. The Bertz CT molecular complexity index is 388. The molecule has 0 aliphatic carbocycles. The summed E-state index contributed by atoms with van der Waals surface area (Å²) < 4.78 is 5.46. The van der Waals surface area contributed by atoms with Crippen molar-refractivity contribution in [1.29, 1.82) is 0 Å². The number of nitrogens with zero attached hydrogens (tertiary/aromatic N) is 1. The Morgan fingerprint density at radius 1 is 1.25 bits per heavy atom. The summed E-state index contributed by atoms with van der Waals surface area (Å²) in [5, 5.41) is 2.85. The fraction of sp³-hybridized carbons (Fsp3) is 0.562. The Morgan fingerprint density at radius 2 is 1.95 bits per heavy atom. The first-order chi connectivity index (χ1) is 9.61. The van der Waals surface area contributed by atoms with E-state index in [4.69, 9.17) is 4.74 Å². The predicted octanol–water partition coefficient (Wildman–Crippen LogP) is 2.09. The number of nitrogens with one attached hydrogen (secondary N) is 1. The SMILES string of the molecule is CCCc1ccc(OCC(=O)NCCCN(C)C)cc1. The number of hydrogen-bond donors (Lipinski definition) is 1. The first-order valence-electron chi connectivity index (χ1n) is 7.25. The number of ether oxygens (including phenoxy) is 1. The van der Waals surface area contributed by atoms with E-state index in [1.54, 1.807) is 0 Å². The quantitative estimate of drug-likeness (QED) is 0.703. The van der Waals surface area contributed by atoms with E-state index in [9.17, 15) is 4.79 Å². The van der Waals surface area contributed by atoms with Crippen molar-refractivity contribution in [2.24, 2.45) is 0 Å². The summed E-state index contributed by atoms with van der Waals surface area (Å²) in [4.78, 5) is 13.7. The van der Waals surface area contributed by atoms with Crippen molar-refractivity contribution in [3.63, 3.8) is 0 Å². The number of benzene rings is 1. The van der Waals surface area contributed by atoms with Gasteiger partial charge >= 0.3 is 0 Å². The molecule has 0 atom stereocenters. The summed E-state index contributed by atoms with van der Waals surface area (Å²) in [6.45, 7) is 3.90. The van der Waals surface area contributed by atoms with Crippen molar-refractivity contribution < 1.29 is 9.53 Å². The minimum absolute atomic E-state index is 0.0682. The summed E-state index contributed by atoms with van der Waals surface area (Å²) in [6, 6.07) is 7.94. The maximum atomic E-state index is 11.6. The summed E-state index contributed by atoms with van der Waals surface area (Å²) in [5.74, 6) is 0.676.